The first kappa shape index (κ1) is 23.2. The van der Waals surface area contributed by atoms with Crippen molar-refractivity contribution in [2.24, 2.45) is 4.99 Å². The van der Waals surface area contributed by atoms with Gasteiger partial charge in [-0.2, -0.15) is 0 Å². The Labute approximate surface area is 165 Å². The van der Waals surface area contributed by atoms with Gasteiger partial charge in [-0.3, -0.25) is 9.79 Å². The number of halogens is 1. The van der Waals surface area contributed by atoms with Gasteiger partial charge in [0.15, 0.2) is 5.96 Å². The summed E-state index contributed by atoms with van der Waals surface area (Å²) in [6.07, 6.45) is 0. The lowest BCUT2D eigenvalue weighted by atomic mass is 10.2. The predicted octanol–water partition coefficient (Wildman–Crippen LogP) is 0.749. The van der Waals surface area contributed by atoms with Gasteiger partial charge in [-0.1, -0.05) is 0 Å². The molecule has 8 nitrogen and oxygen atoms in total. The van der Waals surface area contributed by atoms with Gasteiger partial charge in [0.25, 0.3) is 0 Å². The fourth-order valence-electron chi connectivity index (χ4n) is 1.92. The van der Waals surface area contributed by atoms with Crippen molar-refractivity contribution in [1.29, 1.82) is 0 Å². The topological polar surface area (TPSA) is 93.2 Å². The van der Waals surface area contributed by atoms with Crippen LogP contribution in [0.5, 0.6) is 11.5 Å². The number of hydrogen-bond donors (Lipinski definition) is 3. The summed E-state index contributed by atoms with van der Waals surface area (Å²) in [6.45, 7) is 1.59. The Hall–Kier alpha value is -1.75. The van der Waals surface area contributed by atoms with E-state index in [2.05, 4.69) is 20.9 Å². The molecule has 1 amide bonds. The molecule has 0 saturated heterocycles. The summed E-state index contributed by atoms with van der Waals surface area (Å²) < 4.78 is 15.4. The van der Waals surface area contributed by atoms with Gasteiger partial charge < -0.3 is 30.2 Å². The number of hydrogen-bond acceptors (Lipinski definition) is 5. The average Bonchev–Trinajstić information content (AvgIpc) is 2.62. The van der Waals surface area contributed by atoms with E-state index >= 15 is 0 Å². The van der Waals surface area contributed by atoms with E-state index in [-0.39, 0.29) is 36.4 Å². The highest BCUT2D eigenvalue weighted by Gasteiger charge is 2.07. The lowest BCUT2D eigenvalue weighted by Crippen LogP contribution is -2.43. The Morgan fingerprint density at radius 2 is 1.88 bits per heavy atom. The first-order valence-electron chi connectivity index (χ1n) is 7.55. The Bertz CT molecular complexity index is 555. The van der Waals surface area contributed by atoms with E-state index in [1.165, 1.54) is 0 Å². The van der Waals surface area contributed by atoms with Crippen molar-refractivity contribution in [3.63, 3.8) is 0 Å². The summed E-state index contributed by atoms with van der Waals surface area (Å²) in [5.41, 5.74) is 0.950. The molecule has 1 rings (SSSR count). The second-order valence-electron chi connectivity index (χ2n) is 4.80. The van der Waals surface area contributed by atoms with E-state index < -0.39 is 0 Å². The predicted molar refractivity (Wildman–Crippen MR) is 108 cm³/mol. The number of aliphatic imine (C=N–C) groups is 1. The second-order valence-corrected chi connectivity index (χ2v) is 4.80. The second kappa shape index (κ2) is 13.5. The van der Waals surface area contributed by atoms with Crippen molar-refractivity contribution in [1.82, 2.24) is 16.0 Å². The monoisotopic (exact) mass is 466 g/mol. The highest BCUT2D eigenvalue weighted by atomic mass is 127. The Morgan fingerprint density at radius 1 is 1.12 bits per heavy atom. The van der Waals surface area contributed by atoms with Crippen molar-refractivity contribution in [3.8, 4) is 11.5 Å². The zero-order chi connectivity index (χ0) is 17.8. The third kappa shape index (κ3) is 8.77. The van der Waals surface area contributed by atoms with Gasteiger partial charge in [0, 0.05) is 38.9 Å². The van der Waals surface area contributed by atoms with Crippen LogP contribution < -0.4 is 25.4 Å². The maximum absolute atomic E-state index is 11.6. The molecule has 142 valence electrons. The third-order valence-electron chi connectivity index (χ3n) is 3.21. The molecular weight excluding hydrogens is 439 g/mol. The van der Waals surface area contributed by atoms with Gasteiger partial charge in [0.2, 0.25) is 5.91 Å². The first-order valence-corrected chi connectivity index (χ1v) is 7.55. The van der Waals surface area contributed by atoms with Crippen LogP contribution in [-0.2, 0) is 16.1 Å². The smallest absolute Gasteiger partial charge is 0.239 e. The molecular formula is C16H27IN4O4. The molecule has 0 heterocycles. The van der Waals surface area contributed by atoms with Crippen molar-refractivity contribution >= 4 is 35.8 Å². The number of guanidine groups is 1. The summed E-state index contributed by atoms with van der Waals surface area (Å²) in [6, 6.07) is 5.59. The van der Waals surface area contributed by atoms with Crippen molar-refractivity contribution in [3.05, 3.63) is 23.8 Å². The summed E-state index contributed by atoms with van der Waals surface area (Å²) >= 11 is 0. The zero-order valence-electron chi connectivity index (χ0n) is 15.0. The molecule has 1 aromatic rings. The summed E-state index contributed by atoms with van der Waals surface area (Å²) in [4.78, 5) is 15.7. The Morgan fingerprint density at radius 3 is 2.48 bits per heavy atom. The Balaban J connectivity index is 0.00000576. The van der Waals surface area contributed by atoms with E-state index in [0.717, 1.165) is 17.1 Å². The summed E-state index contributed by atoms with van der Waals surface area (Å²) in [5, 5.41) is 8.81. The highest BCUT2D eigenvalue weighted by molar-refractivity contribution is 14.0. The molecule has 9 heteroatoms. The molecule has 0 aromatic heterocycles. The molecule has 0 bridgehead atoms. The van der Waals surface area contributed by atoms with Gasteiger partial charge in [-0.25, -0.2) is 0 Å². The number of amides is 1. The molecule has 1 aromatic carbocycles. The van der Waals surface area contributed by atoms with Crippen molar-refractivity contribution in [2.75, 3.05) is 48.1 Å². The largest absolute Gasteiger partial charge is 0.497 e. The number of ether oxygens (including phenoxy) is 3. The summed E-state index contributed by atoms with van der Waals surface area (Å²) in [7, 11) is 6.44. The quantitative estimate of drug-likeness (QED) is 0.215. The van der Waals surface area contributed by atoms with Gasteiger partial charge in [-0.05, 0) is 12.1 Å². The maximum atomic E-state index is 11.6. The molecule has 3 N–H and O–H groups in total. The minimum atomic E-state index is -0.128. The fourth-order valence-corrected chi connectivity index (χ4v) is 1.92. The lowest BCUT2D eigenvalue weighted by Gasteiger charge is -2.14. The fraction of sp³-hybridized carbons (Fsp3) is 0.500. The molecule has 0 aliphatic carbocycles. The number of rotatable bonds is 9. The van der Waals surface area contributed by atoms with Crippen LogP contribution in [0.3, 0.4) is 0 Å². The lowest BCUT2D eigenvalue weighted by molar-refractivity contribution is -0.120. The number of benzene rings is 1. The van der Waals surface area contributed by atoms with Gasteiger partial charge in [0.1, 0.15) is 11.5 Å². The van der Waals surface area contributed by atoms with Crippen LogP contribution in [0.1, 0.15) is 5.56 Å². The van der Waals surface area contributed by atoms with Crippen LogP contribution in [0, 0.1) is 0 Å². The molecule has 25 heavy (non-hydrogen) atoms. The van der Waals surface area contributed by atoms with E-state index in [9.17, 15) is 4.79 Å². The molecule has 0 aliphatic rings. The van der Waals surface area contributed by atoms with Crippen LogP contribution in [0.4, 0.5) is 0 Å². The average molecular weight is 466 g/mol. The highest BCUT2D eigenvalue weighted by Crippen LogP contribution is 2.24. The summed E-state index contributed by atoms with van der Waals surface area (Å²) in [5.74, 6) is 1.84. The molecule has 0 aliphatic heterocycles. The molecule has 0 atom stereocenters. The zero-order valence-corrected chi connectivity index (χ0v) is 17.4. The van der Waals surface area contributed by atoms with E-state index in [1.807, 2.05) is 18.2 Å². The third-order valence-corrected chi connectivity index (χ3v) is 3.21. The van der Waals surface area contributed by atoms with Crippen LogP contribution in [0.25, 0.3) is 0 Å². The van der Waals surface area contributed by atoms with Gasteiger partial charge in [-0.15, -0.1) is 24.0 Å². The number of nitrogens with zero attached hydrogens (tertiary/aromatic N) is 1. The normalized spacial score (nSPS) is 10.5. The molecule has 0 saturated carbocycles. The van der Waals surface area contributed by atoms with E-state index in [0.29, 0.717) is 25.7 Å². The maximum Gasteiger partial charge on any atom is 0.239 e. The van der Waals surface area contributed by atoms with E-state index in [4.69, 9.17) is 14.2 Å². The number of carbonyl (C=O) groups excluding carboxylic acids is 1. The van der Waals surface area contributed by atoms with E-state index in [1.54, 1.807) is 28.4 Å². The molecule has 0 unspecified atom stereocenters. The molecule has 0 spiro atoms. The van der Waals surface area contributed by atoms with Crippen LogP contribution >= 0.6 is 24.0 Å². The SMILES string of the molecule is CN=C(NCC(=O)NCCOC)NCc1ccc(OC)cc1OC.I. The van der Waals surface area contributed by atoms with Crippen LogP contribution in [0.2, 0.25) is 0 Å². The number of nitrogens with one attached hydrogen (secondary N) is 3. The van der Waals surface area contributed by atoms with Crippen molar-refractivity contribution < 1.29 is 19.0 Å². The van der Waals surface area contributed by atoms with Gasteiger partial charge in [0.05, 0.1) is 27.4 Å². The number of carbonyl (C=O) groups is 1. The van der Waals surface area contributed by atoms with Crippen LogP contribution in [-0.4, -0.2) is 59.9 Å². The van der Waals surface area contributed by atoms with Crippen LogP contribution in [0.15, 0.2) is 23.2 Å². The minimum absolute atomic E-state index is 0. The molecule has 0 fully saturated rings. The molecule has 0 radical (unpaired) electrons. The number of methoxy groups -OCH3 is 3. The van der Waals surface area contributed by atoms with Crippen molar-refractivity contribution in [2.45, 2.75) is 6.54 Å². The standard InChI is InChI=1S/C16H26N4O4.HI/c1-17-16(20-11-15(21)18-7-8-22-2)19-10-12-5-6-13(23-3)9-14(12)24-4;/h5-6,9H,7-8,10-11H2,1-4H3,(H,18,21)(H2,17,19,20);1H. The first-order chi connectivity index (χ1) is 11.6. The minimum Gasteiger partial charge on any atom is -0.497 e. The Kier molecular flexibility index (Phi) is 12.6. The van der Waals surface area contributed by atoms with Gasteiger partial charge >= 0.3 is 0 Å².